The highest BCUT2D eigenvalue weighted by Gasteiger charge is 2.18. The largest absolute Gasteiger partial charge is 0.396 e. The van der Waals surface area contributed by atoms with E-state index in [0.717, 1.165) is 32.6 Å². The van der Waals surface area contributed by atoms with E-state index in [1.165, 1.54) is 4.88 Å². The topological polar surface area (TPSA) is 41.5 Å². The Morgan fingerprint density at radius 2 is 2.56 bits per heavy atom. The number of ether oxygens (including phenoxy) is 1. The Bertz CT molecular complexity index is 283. The summed E-state index contributed by atoms with van der Waals surface area (Å²) in [4.78, 5) is 1.31. The third-order valence-corrected chi connectivity index (χ3v) is 3.97. The molecule has 0 bridgehead atoms. The van der Waals surface area contributed by atoms with Crippen molar-refractivity contribution < 1.29 is 9.84 Å². The van der Waals surface area contributed by atoms with Crippen LogP contribution in [0.1, 0.15) is 23.8 Å². The van der Waals surface area contributed by atoms with Crippen molar-refractivity contribution in [1.29, 1.82) is 0 Å². The molecule has 90 valence electrons. The minimum atomic E-state index is 0.233. The monoisotopic (exact) mass is 241 g/mol. The van der Waals surface area contributed by atoms with E-state index in [1.807, 2.05) is 0 Å². The number of thiophene rings is 1. The molecule has 1 aromatic heterocycles. The van der Waals surface area contributed by atoms with E-state index in [4.69, 9.17) is 9.84 Å². The molecule has 1 aliphatic rings. The van der Waals surface area contributed by atoms with Crippen molar-refractivity contribution in [2.24, 2.45) is 5.92 Å². The minimum Gasteiger partial charge on any atom is -0.396 e. The third kappa shape index (κ3) is 3.28. The standard InChI is InChI=1S/C12H19NO2S/c14-5-3-11(12-2-1-7-16-12)13-8-10-4-6-15-9-10/h1-2,7,10-11,13-14H,3-6,8-9H2. The molecule has 0 radical (unpaired) electrons. The Balaban J connectivity index is 1.82. The number of aliphatic hydroxyl groups is 1. The van der Waals surface area contributed by atoms with Crippen molar-refractivity contribution in [2.75, 3.05) is 26.4 Å². The van der Waals surface area contributed by atoms with E-state index in [1.54, 1.807) is 11.3 Å². The minimum absolute atomic E-state index is 0.233. The Kier molecular flexibility index (Phi) is 4.78. The maximum atomic E-state index is 9.07. The summed E-state index contributed by atoms with van der Waals surface area (Å²) in [5.41, 5.74) is 0. The van der Waals surface area contributed by atoms with Crippen LogP contribution in [0.3, 0.4) is 0 Å². The van der Waals surface area contributed by atoms with Gasteiger partial charge in [0.15, 0.2) is 0 Å². The first-order valence-corrected chi connectivity index (χ1v) is 6.73. The molecule has 0 aliphatic carbocycles. The summed E-state index contributed by atoms with van der Waals surface area (Å²) in [6.45, 7) is 3.00. The van der Waals surface area contributed by atoms with Crippen LogP contribution in [-0.2, 0) is 4.74 Å². The molecule has 1 aliphatic heterocycles. The smallest absolute Gasteiger partial charge is 0.0507 e. The highest BCUT2D eigenvalue weighted by Crippen LogP contribution is 2.22. The van der Waals surface area contributed by atoms with Gasteiger partial charge in [0.2, 0.25) is 0 Å². The SMILES string of the molecule is OCCC(NCC1CCOC1)c1cccs1. The molecule has 1 fully saturated rings. The maximum Gasteiger partial charge on any atom is 0.0507 e. The third-order valence-electron chi connectivity index (χ3n) is 2.98. The van der Waals surface area contributed by atoms with E-state index in [0.29, 0.717) is 12.0 Å². The lowest BCUT2D eigenvalue weighted by Crippen LogP contribution is -2.27. The first kappa shape index (κ1) is 12.0. The van der Waals surface area contributed by atoms with Crippen LogP contribution in [0.25, 0.3) is 0 Å². The lowest BCUT2D eigenvalue weighted by atomic mass is 10.1. The Morgan fingerprint density at radius 1 is 1.62 bits per heavy atom. The summed E-state index contributed by atoms with van der Waals surface area (Å²) in [6.07, 6.45) is 1.94. The van der Waals surface area contributed by atoms with Gasteiger partial charge in [0.25, 0.3) is 0 Å². The number of hydrogen-bond acceptors (Lipinski definition) is 4. The zero-order chi connectivity index (χ0) is 11.2. The number of hydrogen-bond donors (Lipinski definition) is 2. The molecule has 4 heteroatoms. The second-order valence-electron chi connectivity index (χ2n) is 4.22. The predicted molar refractivity (Wildman–Crippen MR) is 65.7 cm³/mol. The molecule has 3 nitrogen and oxygen atoms in total. The molecule has 0 spiro atoms. The summed E-state index contributed by atoms with van der Waals surface area (Å²) < 4.78 is 5.35. The predicted octanol–water partition coefficient (Wildman–Crippen LogP) is 1.80. The zero-order valence-corrected chi connectivity index (χ0v) is 10.2. The van der Waals surface area contributed by atoms with Crippen LogP contribution in [0.5, 0.6) is 0 Å². The number of nitrogens with one attached hydrogen (secondary N) is 1. The van der Waals surface area contributed by atoms with E-state index in [9.17, 15) is 0 Å². The quantitative estimate of drug-likeness (QED) is 0.798. The summed E-state index contributed by atoms with van der Waals surface area (Å²) in [5, 5.41) is 14.7. The molecule has 0 aromatic carbocycles. The zero-order valence-electron chi connectivity index (χ0n) is 9.39. The van der Waals surface area contributed by atoms with Gasteiger partial charge in [-0.1, -0.05) is 6.07 Å². The van der Waals surface area contributed by atoms with Crippen LogP contribution in [0.15, 0.2) is 17.5 Å². The van der Waals surface area contributed by atoms with Crippen molar-refractivity contribution in [3.05, 3.63) is 22.4 Å². The van der Waals surface area contributed by atoms with E-state index >= 15 is 0 Å². The van der Waals surface area contributed by atoms with Gasteiger partial charge < -0.3 is 15.2 Å². The fourth-order valence-electron chi connectivity index (χ4n) is 2.02. The van der Waals surface area contributed by atoms with Gasteiger partial charge in [-0.15, -0.1) is 11.3 Å². The maximum absolute atomic E-state index is 9.07. The van der Waals surface area contributed by atoms with Crippen LogP contribution < -0.4 is 5.32 Å². The summed E-state index contributed by atoms with van der Waals surface area (Å²) >= 11 is 1.75. The van der Waals surface area contributed by atoms with Crippen molar-refractivity contribution in [3.8, 4) is 0 Å². The van der Waals surface area contributed by atoms with Gasteiger partial charge in [-0.3, -0.25) is 0 Å². The van der Waals surface area contributed by atoms with Crippen LogP contribution in [-0.4, -0.2) is 31.5 Å². The Morgan fingerprint density at radius 3 is 3.19 bits per heavy atom. The van der Waals surface area contributed by atoms with Crippen molar-refractivity contribution >= 4 is 11.3 Å². The number of aliphatic hydroxyl groups excluding tert-OH is 1. The normalized spacial score (nSPS) is 22.4. The lowest BCUT2D eigenvalue weighted by Gasteiger charge is -2.18. The lowest BCUT2D eigenvalue weighted by molar-refractivity contribution is 0.183. The molecule has 0 amide bonds. The molecule has 2 unspecified atom stereocenters. The van der Waals surface area contributed by atoms with Gasteiger partial charge in [-0.25, -0.2) is 0 Å². The Hall–Kier alpha value is -0.420. The van der Waals surface area contributed by atoms with Gasteiger partial charge in [-0.2, -0.15) is 0 Å². The van der Waals surface area contributed by atoms with E-state index in [2.05, 4.69) is 22.8 Å². The molecule has 1 saturated heterocycles. The molecule has 16 heavy (non-hydrogen) atoms. The number of rotatable bonds is 6. The highest BCUT2D eigenvalue weighted by atomic mass is 32.1. The molecule has 2 heterocycles. The first-order valence-electron chi connectivity index (χ1n) is 5.85. The molecule has 0 saturated carbocycles. The van der Waals surface area contributed by atoms with Gasteiger partial charge in [0, 0.05) is 30.7 Å². The molecule has 2 N–H and O–H groups in total. The summed E-state index contributed by atoms with van der Waals surface area (Å²) in [6, 6.07) is 4.49. The molecule has 2 rings (SSSR count). The van der Waals surface area contributed by atoms with Gasteiger partial charge >= 0.3 is 0 Å². The van der Waals surface area contributed by atoms with Crippen LogP contribution >= 0.6 is 11.3 Å². The van der Waals surface area contributed by atoms with Crippen molar-refractivity contribution in [1.82, 2.24) is 5.32 Å². The summed E-state index contributed by atoms with van der Waals surface area (Å²) in [5.74, 6) is 0.640. The summed E-state index contributed by atoms with van der Waals surface area (Å²) in [7, 11) is 0. The van der Waals surface area contributed by atoms with Crippen LogP contribution in [0.4, 0.5) is 0 Å². The molecular formula is C12H19NO2S. The van der Waals surface area contributed by atoms with Crippen molar-refractivity contribution in [2.45, 2.75) is 18.9 Å². The van der Waals surface area contributed by atoms with Gasteiger partial charge in [0.1, 0.15) is 0 Å². The van der Waals surface area contributed by atoms with Crippen molar-refractivity contribution in [3.63, 3.8) is 0 Å². The first-order chi connectivity index (χ1) is 7.90. The second kappa shape index (κ2) is 6.35. The fourth-order valence-corrected chi connectivity index (χ4v) is 2.85. The fraction of sp³-hybridized carbons (Fsp3) is 0.667. The molecular weight excluding hydrogens is 222 g/mol. The average Bonchev–Trinajstić information content (AvgIpc) is 2.96. The highest BCUT2D eigenvalue weighted by molar-refractivity contribution is 7.10. The molecule has 1 aromatic rings. The Labute approximate surface area is 100 Å². The molecule has 2 atom stereocenters. The van der Waals surface area contributed by atoms with E-state index < -0.39 is 0 Å². The van der Waals surface area contributed by atoms with Crippen LogP contribution in [0, 0.1) is 5.92 Å². The second-order valence-corrected chi connectivity index (χ2v) is 5.20. The van der Waals surface area contributed by atoms with E-state index in [-0.39, 0.29) is 6.61 Å². The average molecular weight is 241 g/mol. The van der Waals surface area contributed by atoms with Gasteiger partial charge in [0.05, 0.1) is 6.61 Å². The van der Waals surface area contributed by atoms with Crippen LogP contribution in [0.2, 0.25) is 0 Å². The van der Waals surface area contributed by atoms with Gasteiger partial charge in [-0.05, 0) is 30.2 Å².